The Bertz CT molecular complexity index is 1410. The number of benzene rings is 3. The lowest BCUT2D eigenvalue weighted by Crippen LogP contribution is -1.96. The number of fused-ring (bicyclic) bond motifs is 3. The zero-order valence-corrected chi connectivity index (χ0v) is 16.9. The van der Waals surface area contributed by atoms with Crippen molar-refractivity contribution in [2.45, 2.75) is 19.8 Å². The fourth-order valence-corrected chi connectivity index (χ4v) is 4.15. The van der Waals surface area contributed by atoms with E-state index in [-0.39, 0.29) is 5.92 Å². The SMILES string of the molecule is CC(C)c1cc2c(oc3c(-c4ccccn4)cccc32)c(C#N)c1-c1ccccc1. The maximum absolute atomic E-state index is 10.2. The second kappa shape index (κ2) is 7.17. The summed E-state index contributed by atoms with van der Waals surface area (Å²) in [6.07, 6.45) is 1.78. The second-order valence-electron chi connectivity index (χ2n) is 7.72. The van der Waals surface area contributed by atoms with Crippen LogP contribution in [0.3, 0.4) is 0 Å². The van der Waals surface area contributed by atoms with Gasteiger partial charge in [0.1, 0.15) is 17.2 Å². The zero-order chi connectivity index (χ0) is 20.7. The molecule has 3 nitrogen and oxygen atoms in total. The molecule has 144 valence electrons. The monoisotopic (exact) mass is 388 g/mol. The van der Waals surface area contributed by atoms with Gasteiger partial charge in [0.2, 0.25) is 0 Å². The van der Waals surface area contributed by atoms with Crippen LogP contribution in [0, 0.1) is 11.3 Å². The molecule has 0 bridgehead atoms. The Morgan fingerprint density at radius 1 is 0.867 bits per heavy atom. The molecule has 0 spiro atoms. The lowest BCUT2D eigenvalue weighted by Gasteiger charge is -2.15. The molecular formula is C27H20N2O. The molecule has 0 aliphatic heterocycles. The first-order valence-electron chi connectivity index (χ1n) is 10.1. The summed E-state index contributed by atoms with van der Waals surface area (Å²) < 4.78 is 6.39. The van der Waals surface area contributed by atoms with Crippen LogP contribution in [-0.2, 0) is 0 Å². The minimum Gasteiger partial charge on any atom is -0.454 e. The van der Waals surface area contributed by atoms with Crippen molar-refractivity contribution >= 4 is 21.9 Å². The van der Waals surface area contributed by atoms with Gasteiger partial charge in [0.25, 0.3) is 0 Å². The number of nitriles is 1. The van der Waals surface area contributed by atoms with Crippen molar-refractivity contribution < 1.29 is 4.42 Å². The van der Waals surface area contributed by atoms with Crippen molar-refractivity contribution in [3.8, 4) is 28.5 Å². The van der Waals surface area contributed by atoms with Gasteiger partial charge < -0.3 is 4.42 Å². The average molecular weight is 388 g/mol. The van der Waals surface area contributed by atoms with E-state index in [0.29, 0.717) is 11.1 Å². The molecule has 0 amide bonds. The minimum atomic E-state index is 0.264. The Kier molecular flexibility index (Phi) is 4.34. The summed E-state index contributed by atoms with van der Waals surface area (Å²) in [5.41, 5.74) is 6.92. The van der Waals surface area contributed by atoms with Crippen molar-refractivity contribution in [1.82, 2.24) is 4.98 Å². The van der Waals surface area contributed by atoms with Crippen molar-refractivity contribution in [3.63, 3.8) is 0 Å². The lowest BCUT2D eigenvalue weighted by atomic mass is 9.87. The second-order valence-corrected chi connectivity index (χ2v) is 7.72. The van der Waals surface area contributed by atoms with E-state index >= 15 is 0 Å². The van der Waals surface area contributed by atoms with E-state index in [0.717, 1.165) is 44.3 Å². The van der Waals surface area contributed by atoms with Crippen molar-refractivity contribution in [2.75, 3.05) is 0 Å². The van der Waals surface area contributed by atoms with Gasteiger partial charge in [-0.15, -0.1) is 0 Å². The predicted octanol–water partition coefficient (Wildman–Crippen LogP) is 7.31. The maximum Gasteiger partial charge on any atom is 0.153 e. The lowest BCUT2D eigenvalue weighted by molar-refractivity contribution is 0.668. The van der Waals surface area contributed by atoms with Crippen LogP contribution >= 0.6 is 0 Å². The van der Waals surface area contributed by atoms with Gasteiger partial charge in [0.15, 0.2) is 5.58 Å². The number of aromatic nitrogens is 1. The molecule has 5 rings (SSSR count). The number of hydrogen-bond donors (Lipinski definition) is 0. The molecule has 0 unspecified atom stereocenters. The van der Waals surface area contributed by atoms with Crippen LogP contribution in [0.1, 0.15) is 30.9 Å². The zero-order valence-electron chi connectivity index (χ0n) is 16.9. The van der Waals surface area contributed by atoms with Gasteiger partial charge in [-0.25, -0.2) is 0 Å². The summed E-state index contributed by atoms with van der Waals surface area (Å²) >= 11 is 0. The van der Waals surface area contributed by atoms with E-state index in [1.54, 1.807) is 6.20 Å². The van der Waals surface area contributed by atoms with Gasteiger partial charge in [-0.3, -0.25) is 4.98 Å². The highest BCUT2D eigenvalue weighted by Crippen LogP contribution is 2.42. The van der Waals surface area contributed by atoms with Gasteiger partial charge in [0, 0.05) is 28.1 Å². The molecule has 0 aliphatic carbocycles. The molecule has 0 atom stereocenters. The molecule has 2 aromatic heterocycles. The summed E-state index contributed by atoms with van der Waals surface area (Å²) in [6.45, 7) is 4.33. The third-order valence-electron chi connectivity index (χ3n) is 5.56. The molecule has 2 heterocycles. The van der Waals surface area contributed by atoms with Crippen molar-refractivity contribution in [1.29, 1.82) is 5.26 Å². The highest BCUT2D eigenvalue weighted by atomic mass is 16.3. The number of furan rings is 1. The van der Waals surface area contributed by atoms with Crippen LogP contribution in [0.5, 0.6) is 0 Å². The molecule has 0 N–H and O–H groups in total. The Morgan fingerprint density at radius 2 is 1.67 bits per heavy atom. The standard InChI is InChI=1S/C27H20N2O/c1-17(2)21-15-22-19-11-8-12-20(24-13-6-7-14-29-24)26(19)30-27(22)23(16-28)25(21)18-9-4-3-5-10-18/h3-15,17H,1-2H3. The van der Waals surface area contributed by atoms with Crippen LogP contribution in [0.25, 0.3) is 44.3 Å². The van der Waals surface area contributed by atoms with E-state index in [9.17, 15) is 5.26 Å². The minimum absolute atomic E-state index is 0.264. The van der Waals surface area contributed by atoms with Crippen LogP contribution in [0.4, 0.5) is 0 Å². The van der Waals surface area contributed by atoms with Gasteiger partial charge in [-0.05, 0) is 41.3 Å². The molecule has 0 saturated carbocycles. The van der Waals surface area contributed by atoms with E-state index < -0.39 is 0 Å². The molecule has 3 aromatic carbocycles. The van der Waals surface area contributed by atoms with Gasteiger partial charge in [0.05, 0.1) is 5.69 Å². The van der Waals surface area contributed by atoms with E-state index in [1.165, 1.54) is 0 Å². The fourth-order valence-electron chi connectivity index (χ4n) is 4.15. The Balaban J connectivity index is 1.92. The summed E-state index contributed by atoms with van der Waals surface area (Å²) in [7, 11) is 0. The molecule has 0 aliphatic rings. The smallest absolute Gasteiger partial charge is 0.153 e. The Labute approximate surface area is 175 Å². The molecule has 0 fully saturated rings. The fraction of sp³-hybridized carbons (Fsp3) is 0.111. The van der Waals surface area contributed by atoms with E-state index in [1.807, 2.05) is 48.5 Å². The molecular weight excluding hydrogens is 368 g/mol. The summed E-state index contributed by atoms with van der Waals surface area (Å²) in [4.78, 5) is 4.50. The Morgan fingerprint density at radius 3 is 2.37 bits per heavy atom. The van der Waals surface area contributed by atoms with Gasteiger partial charge in [-0.2, -0.15) is 5.26 Å². The average Bonchev–Trinajstić information content (AvgIpc) is 3.17. The number of nitrogens with zero attached hydrogens (tertiary/aromatic N) is 2. The van der Waals surface area contributed by atoms with Crippen molar-refractivity contribution in [3.05, 3.63) is 90.1 Å². The first-order valence-corrected chi connectivity index (χ1v) is 10.1. The highest BCUT2D eigenvalue weighted by molar-refractivity contribution is 6.12. The number of para-hydroxylation sites is 1. The van der Waals surface area contributed by atoms with E-state index in [4.69, 9.17) is 4.42 Å². The molecule has 30 heavy (non-hydrogen) atoms. The molecule has 0 radical (unpaired) electrons. The third kappa shape index (κ3) is 2.77. The van der Waals surface area contributed by atoms with Crippen LogP contribution in [0.2, 0.25) is 0 Å². The Hall–Kier alpha value is -3.90. The molecule has 5 aromatic rings. The van der Waals surface area contributed by atoms with Crippen LogP contribution in [-0.4, -0.2) is 4.98 Å². The van der Waals surface area contributed by atoms with Crippen molar-refractivity contribution in [2.24, 2.45) is 0 Å². The quantitative estimate of drug-likeness (QED) is 0.325. The number of pyridine rings is 1. The summed E-state index contributed by atoms with van der Waals surface area (Å²) in [5.74, 6) is 0.264. The molecule has 3 heteroatoms. The van der Waals surface area contributed by atoms with Gasteiger partial charge >= 0.3 is 0 Å². The first-order chi connectivity index (χ1) is 14.7. The van der Waals surface area contributed by atoms with Gasteiger partial charge in [-0.1, -0.05) is 62.4 Å². The topological polar surface area (TPSA) is 49.8 Å². The summed E-state index contributed by atoms with van der Waals surface area (Å²) in [6, 6.07) is 26.7. The van der Waals surface area contributed by atoms with Crippen LogP contribution < -0.4 is 0 Å². The summed E-state index contributed by atoms with van der Waals surface area (Å²) in [5, 5.41) is 12.2. The third-order valence-corrected chi connectivity index (χ3v) is 5.56. The highest BCUT2D eigenvalue weighted by Gasteiger charge is 2.22. The normalized spacial score (nSPS) is 11.3. The first kappa shape index (κ1) is 18.1. The number of rotatable bonds is 3. The molecule has 0 saturated heterocycles. The predicted molar refractivity (Wildman–Crippen MR) is 121 cm³/mol. The van der Waals surface area contributed by atoms with Crippen LogP contribution in [0.15, 0.2) is 83.4 Å². The largest absolute Gasteiger partial charge is 0.454 e. The van der Waals surface area contributed by atoms with E-state index in [2.05, 4.69) is 49.2 Å². The maximum atomic E-state index is 10.2. The number of hydrogen-bond acceptors (Lipinski definition) is 3.